The quantitative estimate of drug-likeness (QED) is 0.639. The van der Waals surface area contributed by atoms with E-state index >= 15 is 0 Å². The minimum atomic E-state index is -0.128. The Labute approximate surface area is 76.6 Å². The standard InChI is InChI=1S/C9H11N3O/c1-6-9(13)11-7-3-4-10-5-8(7)12(6)2/h3-6H,1-2H3,(H,11,13). The van der Waals surface area contributed by atoms with Crippen molar-refractivity contribution < 1.29 is 4.79 Å². The first kappa shape index (κ1) is 8.04. The molecule has 4 nitrogen and oxygen atoms in total. The maximum absolute atomic E-state index is 11.4. The number of aromatic nitrogens is 1. The average molecular weight is 177 g/mol. The lowest BCUT2D eigenvalue weighted by atomic mass is 10.1. The van der Waals surface area contributed by atoms with Crippen LogP contribution >= 0.6 is 0 Å². The Kier molecular flexibility index (Phi) is 1.69. The van der Waals surface area contributed by atoms with Crippen molar-refractivity contribution in [3.63, 3.8) is 0 Å². The molecule has 0 aromatic carbocycles. The van der Waals surface area contributed by atoms with Gasteiger partial charge in [0, 0.05) is 13.2 Å². The Morgan fingerprint density at radius 3 is 3.15 bits per heavy atom. The molecule has 2 rings (SSSR count). The topological polar surface area (TPSA) is 45.2 Å². The average Bonchev–Trinajstić information content (AvgIpc) is 2.15. The summed E-state index contributed by atoms with van der Waals surface area (Å²) < 4.78 is 0. The van der Waals surface area contributed by atoms with Crippen LogP contribution in [0.15, 0.2) is 18.5 Å². The summed E-state index contributed by atoms with van der Waals surface area (Å²) in [5.74, 6) is 0.0289. The molecule has 0 radical (unpaired) electrons. The van der Waals surface area contributed by atoms with Crippen molar-refractivity contribution >= 4 is 17.3 Å². The number of carbonyl (C=O) groups excluding carboxylic acids is 1. The third-order valence-corrected chi connectivity index (χ3v) is 2.40. The van der Waals surface area contributed by atoms with Crippen molar-refractivity contribution in [1.82, 2.24) is 4.98 Å². The van der Waals surface area contributed by atoms with Crippen LogP contribution in [0.5, 0.6) is 0 Å². The summed E-state index contributed by atoms with van der Waals surface area (Å²) >= 11 is 0. The van der Waals surface area contributed by atoms with Gasteiger partial charge in [0.15, 0.2) is 0 Å². The zero-order valence-corrected chi connectivity index (χ0v) is 7.61. The molecule has 2 heterocycles. The second kappa shape index (κ2) is 2.73. The number of nitrogens with zero attached hydrogens (tertiary/aromatic N) is 2. The van der Waals surface area contributed by atoms with E-state index in [1.54, 1.807) is 18.5 Å². The third-order valence-electron chi connectivity index (χ3n) is 2.40. The van der Waals surface area contributed by atoms with Crippen LogP contribution in [0.25, 0.3) is 0 Å². The first-order valence-electron chi connectivity index (χ1n) is 4.18. The van der Waals surface area contributed by atoms with Gasteiger partial charge in [0.1, 0.15) is 6.04 Å². The highest BCUT2D eigenvalue weighted by molar-refractivity contribution is 6.02. The molecular formula is C9H11N3O. The monoisotopic (exact) mass is 177 g/mol. The van der Waals surface area contributed by atoms with Gasteiger partial charge < -0.3 is 10.2 Å². The van der Waals surface area contributed by atoms with E-state index in [-0.39, 0.29) is 11.9 Å². The van der Waals surface area contributed by atoms with Gasteiger partial charge in [-0.2, -0.15) is 0 Å². The molecule has 1 aliphatic heterocycles. The zero-order valence-electron chi connectivity index (χ0n) is 7.61. The summed E-state index contributed by atoms with van der Waals surface area (Å²) in [6, 6.07) is 1.67. The number of hydrogen-bond acceptors (Lipinski definition) is 3. The van der Waals surface area contributed by atoms with Crippen LogP contribution in [-0.2, 0) is 4.79 Å². The second-order valence-corrected chi connectivity index (χ2v) is 3.17. The van der Waals surface area contributed by atoms with Gasteiger partial charge in [-0.3, -0.25) is 9.78 Å². The fourth-order valence-corrected chi connectivity index (χ4v) is 1.39. The predicted octanol–water partition coefficient (Wildman–Crippen LogP) is 0.858. The van der Waals surface area contributed by atoms with Gasteiger partial charge in [-0.05, 0) is 13.0 Å². The van der Waals surface area contributed by atoms with E-state index < -0.39 is 0 Å². The van der Waals surface area contributed by atoms with Crippen LogP contribution < -0.4 is 10.2 Å². The van der Waals surface area contributed by atoms with Gasteiger partial charge in [0.05, 0.1) is 17.6 Å². The molecule has 0 spiro atoms. The zero-order chi connectivity index (χ0) is 9.42. The number of fused-ring (bicyclic) bond motifs is 1. The number of carbonyl (C=O) groups is 1. The van der Waals surface area contributed by atoms with E-state index in [2.05, 4.69) is 10.3 Å². The lowest BCUT2D eigenvalue weighted by molar-refractivity contribution is -0.117. The first-order valence-corrected chi connectivity index (χ1v) is 4.18. The smallest absolute Gasteiger partial charge is 0.246 e. The molecular weight excluding hydrogens is 166 g/mol. The highest BCUT2D eigenvalue weighted by Gasteiger charge is 2.26. The number of anilines is 2. The van der Waals surface area contributed by atoms with Crippen molar-refractivity contribution in [2.24, 2.45) is 0 Å². The van der Waals surface area contributed by atoms with Crippen LogP contribution in [0.4, 0.5) is 11.4 Å². The third kappa shape index (κ3) is 1.14. The molecule has 1 unspecified atom stereocenters. The molecule has 13 heavy (non-hydrogen) atoms. The van der Waals surface area contributed by atoms with Gasteiger partial charge in [-0.1, -0.05) is 0 Å². The van der Waals surface area contributed by atoms with Crippen molar-refractivity contribution in [2.75, 3.05) is 17.3 Å². The SMILES string of the molecule is CC1C(=O)Nc2ccncc2N1C. The van der Waals surface area contributed by atoms with Crippen LogP contribution in [0.3, 0.4) is 0 Å². The first-order chi connectivity index (χ1) is 6.20. The summed E-state index contributed by atoms with van der Waals surface area (Å²) in [6.45, 7) is 1.87. The van der Waals surface area contributed by atoms with E-state index in [9.17, 15) is 4.79 Å². The van der Waals surface area contributed by atoms with Crippen LogP contribution in [0.2, 0.25) is 0 Å². The largest absolute Gasteiger partial charge is 0.360 e. The van der Waals surface area contributed by atoms with Gasteiger partial charge >= 0.3 is 0 Å². The van der Waals surface area contributed by atoms with Crippen LogP contribution in [-0.4, -0.2) is 24.0 Å². The lowest BCUT2D eigenvalue weighted by Crippen LogP contribution is -2.43. The fourth-order valence-electron chi connectivity index (χ4n) is 1.39. The summed E-state index contributed by atoms with van der Waals surface area (Å²) in [6.07, 6.45) is 3.42. The fraction of sp³-hybridized carbons (Fsp3) is 0.333. The Bertz CT molecular complexity index is 350. The Hall–Kier alpha value is -1.58. The maximum Gasteiger partial charge on any atom is 0.246 e. The Morgan fingerprint density at radius 2 is 2.38 bits per heavy atom. The summed E-state index contributed by atoms with van der Waals surface area (Å²) in [5.41, 5.74) is 1.80. The van der Waals surface area contributed by atoms with E-state index in [0.29, 0.717) is 0 Å². The van der Waals surface area contributed by atoms with Gasteiger partial charge in [-0.25, -0.2) is 0 Å². The molecule has 1 N–H and O–H groups in total. The number of amides is 1. The summed E-state index contributed by atoms with van der Waals surface area (Å²) in [4.78, 5) is 17.3. The molecule has 1 atom stereocenters. The highest BCUT2D eigenvalue weighted by Crippen LogP contribution is 2.28. The van der Waals surface area contributed by atoms with Gasteiger partial charge in [0.25, 0.3) is 0 Å². The summed E-state index contributed by atoms with van der Waals surface area (Å²) in [7, 11) is 1.89. The minimum Gasteiger partial charge on any atom is -0.360 e. The molecule has 68 valence electrons. The predicted molar refractivity (Wildman–Crippen MR) is 50.7 cm³/mol. The number of hydrogen-bond donors (Lipinski definition) is 1. The van der Waals surface area contributed by atoms with Crippen LogP contribution in [0.1, 0.15) is 6.92 Å². The molecule has 1 aromatic heterocycles. The molecule has 0 aliphatic carbocycles. The number of pyridine rings is 1. The number of likely N-dealkylation sites (N-methyl/N-ethyl adjacent to an activating group) is 1. The number of nitrogens with one attached hydrogen (secondary N) is 1. The van der Waals surface area contributed by atoms with Gasteiger partial charge in [0.2, 0.25) is 5.91 Å². The molecule has 0 saturated carbocycles. The normalized spacial score (nSPS) is 20.9. The molecule has 1 amide bonds. The highest BCUT2D eigenvalue weighted by atomic mass is 16.2. The molecule has 0 bridgehead atoms. The molecule has 0 fully saturated rings. The lowest BCUT2D eigenvalue weighted by Gasteiger charge is -2.32. The number of rotatable bonds is 0. The Morgan fingerprint density at radius 1 is 1.62 bits per heavy atom. The van der Waals surface area contributed by atoms with Crippen molar-refractivity contribution in [3.8, 4) is 0 Å². The second-order valence-electron chi connectivity index (χ2n) is 3.17. The van der Waals surface area contributed by atoms with E-state index in [1.165, 1.54) is 0 Å². The van der Waals surface area contributed by atoms with Gasteiger partial charge in [-0.15, -0.1) is 0 Å². The van der Waals surface area contributed by atoms with Crippen molar-refractivity contribution in [2.45, 2.75) is 13.0 Å². The minimum absolute atomic E-state index is 0.0289. The maximum atomic E-state index is 11.4. The van der Waals surface area contributed by atoms with Crippen molar-refractivity contribution in [1.29, 1.82) is 0 Å². The van der Waals surface area contributed by atoms with E-state index in [1.807, 2.05) is 18.9 Å². The van der Waals surface area contributed by atoms with Crippen molar-refractivity contribution in [3.05, 3.63) is 18.5 Å². The van der Waals surface area contributed by atoms with E-state index in [0.717, 1.165) is 11.4 Å². The summed E-state index contributed by atoms with van der Waals surface area (Å²) in [5, 5.41) is 2.82. The molecule has 1 aliphatic rings. The Balaban J connectivity index is 2.49. The van der Waals surface area contributed by atoms with E-state index in [4.69, 9.17) is 0 Å². The molecule has 1 aromatic rings. The molecule has 4 heteroatoms. The molecule has 0 saturated heterocycles. The van der Waals surface area contributed by atoms with Crippen LogP contribution in [0, 0.1) is 0 Å².